The standard InChI is InChI=1S/C16H21NO3S/c1-18-14-9-16(20-3)15(19-2)8-12(14)13(17)5-4-11-6-7-21-10-11/h6-10,13H,4-5,17H2,1-3H3. The van der Waals surface area contributed by atoms with Crippen molar-refractivity contribution in [3.05, 3.63) is 40.1 Å². The second-order valence-electron chi connectivity index (χ2n) is 4.73. The van der Waals surface area contributed by atoms with Gasteiger partial charge in [-0.15, -0.1) is 0 Å². The Bertz CT molecular complexity index is 569. The molecule has 0 saturated heterocycles. The first-order valence-electron chi connectivity index (χ1n) is 6.76. The molecule has 0 aliphatic carbocycles. The maximum atomic E-state index is 6.33. The fourth-order valence-corrected chi connectivity index (χ4v) is 2.96. The Morgan fingerprint density at radius 3 is 2.29 bits per heavy atom. The van der Waals surface area contributed by atoms with Crippen LogP contribution in [0.15, 0.2) is 29.0 Å². The molecule has 114 valence electrons. The maximum absolute atomic E-state index is 6.33. The Morgan fingerprint density at radius 2 is 1.71 bits per heavy atom. The van der Waals surface area contributed by atoms with Gasteiger partial charge in [0.2, 0.25) is 0 Å². The zero-order valence-electron chi connectivity index (χ0n) is 12.6. The van der Waals surface area contributed by atoms with Gasteiger partial charge < -0.3 is 19.9 Å². The summed E-state index contributed by atoms with van der Waals surface area (Å²) < 4.78 is 16.1. The lowest BCUT2D eigenvalue weighted by Gasteiger charge is -2.18. The van der Waals surface area contributed by atoms with E-state index < -0.39 is 0 Å². The van der Waals surface area contributed by atoms with E-state index in [-0.39, 0.29) is 6.04 Å². The number of aryl methyl sites for hydroxylation is 1. The Labute approximate surface area is 129 Å². The van der Waals surface area contributed by atoms with Crippen molar-refractivity contribution < 1.29 is 14.2 Å². The Morgan fingerprint density at radius 1 is 1.05 bits per heavy atom. The molecule has 0 fully saturated rings. The molecule has 1 atom stereocenters. The molecule has 21 heavy (non-hydrogen) atoms. The number of thiophene rings is 1. The van der Waals surface area contributed by atoms with Gasteiger partial charge in [0.05, 0.1) is 21.3 Å². The summed E-state index contributed by atoms with van der Waals surface area (Å²) in [4.78, 5) is 0. The summed E-state index contributed by atoms with van der Waals surface area (Å²) in [5.74, 6) is 2.04. The number of ether oxygens (including phenoxy) is 3. The molecule has 1 aromatic heterocycles. The predicted octanol–water partition coefficient (Wildman–Crippen LogP) is 3.41. The molecule has 4 nitrogen and oxygen atoms in total. The number of methoxy groups -OCH3 is 3. The minimum atomic E-state index is -0.111. The van der Waals surface area contributed by atoms with E-state index in [9.17, 15) is 0 Å². The first-order valence-corrected chi connectivity index (χ1v) is 7.70. The molecule has 2 N–H and O–H groups in total. The van der Waals surface area contributed by atoms with E-state index in [2.05, 4.69) is 16.8 Å². The van der Waals surface area contributed by atoms with Crippen molar-refractivity contribution in [1.82, 2.24) is 0 Å². The molecule has 2 rings (SSSR count). The highest BCUT2D eigenvalue weighted by Crippen LogP contribution is 2.37. The highest BCUT2D eigenvalue weighted by molar-refractivity contribution is 7.07. The van der Waals surface area contributed by atoms with Crippen LogP contribution < -0.4 is 19.9 Å². The highest BCUT2D eigenvalue weighted by Gasteiger charge is 2.17. The van der Waals surface area contributed by atoms with Crippen molar-refractivity contribution in [3.63, 3.8) is 0 Å². The van der Waals surface area contributed by atoms with Crippen molar-refractivity contribution in [1.29, 1.82) is 0 Å². The first-order chi connectivity index (χ1) is 10.2. The van der Waals surface area contributed by atoms with Crippen LogP contribution in [-0.4, -0.2) is 21.3 Å². The van der Waals surface area contributed by atoms with E-state index in [1.165, 1.54) is 5.56 Å². The van der Waals surface area contributed by atoms with E-state index in [0.717, 1.165) is 24.2 Å². The highest BCUT2D eigenvalue weighted by atomic mass is 32.1. The molecule has 5 heteroatoms. The number of nitrogens with two attached hydrogens (primary N) is 1. The minimum absolute atomic E-state index is 0.111. The van der Waals surface area contributed by atoms with Crippen molar-refractivity contribution in [3.8, 4) is 17.2 Å². The summed E-state index contributed by atoms with van der Waals surface area (Å²) in [6, 6.07) is 5.73. The van der Waals surface area contributed by atoms with Gasteiger partial charge in [0, 0.05) is 17.7 Å². The molecule has 0 saturated carbocycles. The minimum Gasteiger partial charge on any atom is -0.496 e. The Hall–Kier alpha value is -1.72. The van der Waals surface area contributed by atoms with E-state index in [1.54, 1.807) is 32.7 Å². The zero-order chi connectivity index (χ0) is 15.2. The normalized spacial score (nSPS) is 12.0. The lowest BCUT2D eigenvalue weighted by atomic mass is 9.99. The van der Waals surface area contributed by atoms with Gasteiger partial charge in [0.15, 0.2) is 11.5 Å². The molecule has 0 bridgehead atoms. The van der Waals surface area contributed by atoms with Gasteiger partial charge in [0.1, 0.15) is 5.75 Å². The summed E-state index contributed by atoms with van der Waals surface area (Å²) >= 11 is 1.70. The molecule has 0 aliphatic heterocycles. The van der Waals surface area contributed by atoms with E-state index in [4.69, 9.17) is 19.9 Å². The molecule has 0 aliphatic rings. The molecule has 1 aromatic carbocycles. The summed E-state index contributed by atoms with van der Waals surface area (Å²) in [5.41, 5.74) is 8.58. The van der Waals surface area contributed by atoms with Gasteiger partial charge in [-0.2, -0.15) is 11.3 Å². The topological polar surface area (TPSA) is 53.7 Å². The molecule has 1 unspecified atom stereocenters. The van der Waals surface area contributed by atoms with Gasteiger partial charge in [-0.25, -0.2) is 0 Å². The predicted molar refractivity (Wildman–Crippen MR) is 85.7 cm³/mol. The molecule has 1 heterocycles. The van der Waals surface area contributed by atoms with Gasteiger partial charge >= 0.3 is 0 Å². The van der Waals surface area contributed by atoms with Crippen LogP contribution in [0, 0.1) is 0 Å². The summed E-state index contributed by atoms with van der Waals surface area (Å²) in [5, 5.41) is 4.23. The lowest BCUT2D eigenvalue weighted by Crippen LogP contribution is -2.13. The molecule has 2 aromatic rings. The van der Waals surface area contributed by atoms with Crippen LogP contribution in [0.1, 0.15) is 23.6 Å². The van der Waals surface area contributed by atoms with Crippen LogP contribution in [0.5, 0.6) is 17.2 Å². The molecule has 0 amide bonds. The van der Waals surface area contributed by atoms with Gasteiger partial charge in [0.25, 0.3) is 0 Å². The van der Waals surface area contributed by atoms with Crippen LogP contribution in [0.2, 0.25) is 0 Å². The number of hydrogen-bond acceptors (Lipinski definition) is 5. The molecular weight excluding hydrogens is 286 g/mol. The Kier molecular flexibility index (Phi) is 5.47. The summed E-state index contributed by atoms with van der Waals surface area (Å²) in [7, 11) is 4.86. The van der Waals surface area contributed by atoms with Crippen LogP contribution in [0.25, 0.3) is 0 Å². The molecular formula is C16H21NO3S. The third kappa shape index (κ3) is 3.68. The Balaban J connectivity index is 2.20. The largest absolute Gasteiger partial charge is 0.496 e. The van der Waals surface area contributed by atoms with E-state index in [0.29, 0.717) is 11.5 Å². The summed E-state index contributed by atoms with van der Waals surface area (Å²) in [6.45, 7) is 0. The second kappa shape index (κ2) is 7.33. The average molecular weight is 307 g/mol. The van der Waals surface area contributed by atoms with Gasteiger partial charge in [-0.05, 0) is 41.3 Å². The fraction of sp³-hybridized carbons (Fsp3) is 0.375. The van der Waals surface area contributed by atoms with Crippen molar-refractivity contribution in [2.45, 2.75) is 18.9 Å². The van der Waals surface area contributed by atoms with Crippen molar-refractivity contribution in [2.24, 2.45) is 5.73 Å². The van der Waals surface area contributed by atoms with Crippen LogP contribution in [0.4, 0.5) is 0 Å². The SMILES string of the molecule is COc1cc(OC)c(C(N)CCc2ccsc2)cc1OC. The maximum Gasteiger partial charge on any atom is 0.164 e. The lowest BCUT2D eigenvalue weighted by molar-refractivity contribution is 0.346. The van der Waals surface area contributed by atoms with Crippen LogP contribution >= 0.6 is 11.3 Å². The van der Waals surface area contributed by atoms with Crippen molar-refractivity contribution >= 4 is 11.3 Å². The average Bonchev–Trinajstić information content (AvgIpc) is 3.04. The monoisotopic (exact) mass is 307 g/mol. The molecule has 0 spiro atoms. The third-order valence-electron chi connectivity index (χ3n) is 3.46. The van der Waals surface area contributed by atoms with Crippen molar-refractivity contribution in [2.75, 3.05) is 21.3 Å². The molecule has 0 radical (unpaired) electrons. The fourth-order valence-electron chi connectivity index (χ4n) is 2.26. The quantitative estimate of drug-likeness (QED) is 0.851. The summed E-state index contributed by atoms with van der Waals surface area (Å²) in [6.07, 6.45) is 1.80. The smallest absolute Gasteiger partial charge is 0.164 e. The van der Waals surface area contributed by atoms with Gasteiger partial charge in [-0.1, -0.05) is 0 Å². The third-order valence-corrected chi connectivity index (χ3v) is 4.19. The van der Waals surface area contributed by atoms with Gasteiger partial charge in [-0.3, -0.25) is 0 Å². The van der Waals surface area contributed by atoms with Crippen LogP contribution in [-0.2, 0) is 6.42 Å². The van der Waals surface area contributed by atoms with Crippen LogP contribution in [0.3, 0.4) is 0 Å². The number of rotatable bonds is 7. The zero-order valence-corrected chi connectivity index (χ0v) is 13.4. The van der Waals surface area contributed by atoms with E-state index in [1.807, 2.05) is 12.1 Å². The second-order valence-corrected chi connectivity index (χ2v) is 5.51. The van der Waals surface area contributed by atoms with E-state index >= 15 is 0 Å². The first kappa shape index (κ1) is 15.7. The number of benzene rings is 1. The number of hydrogen-bond donors (Lipinski definition) is 1.